The largest absolute Gasteiger partial charge is 0.454 e. The minimum atomic E-state index is -3.53. The van der Waals surface area contributed by atoms with E-state index in [0.717, 1.165) is 4.31 Å². The smallest absolute Gasteiger partial charge is 0.320 e. The fourth-order valence-electron chi connectivity index (χ4n) is 2.49. The highest BCUT2D eigenvalue weighted by atomic mass is 32.2. The Morgan fingerprint density at radius 2 is 1.85 bits per heavy atom. The van der Waals surface area contributed by atoms with Crippen molar-refractivity contribution in [3.8, 4) is 23.0 Å². The topological polar surface area (TPSA) is 107 Å². The van der Waals surface area contributed by atoms with Crippen LogP contribution in [0.3, 0.4) is 0 Å². The number of aromatic nitrogens is 2. The van der Waals surface area contributed by atoms with Crippen LogP contribution in [0, 0.1) is 0 Å². The van der Waals surface area contributed by atoms with E-state index in [1.165, 1.54) is 26.2 Å². The van der Waals surface area contributed by atoms with Crippen LogP contribution < -0.4 is 14.8 Å². The molecule has 0 saturated carbocycles. The predicted molar refractivity (Wildman–Crippen MR) is 96.5 cm³/mol. The molecule has 1 aliphatic heterocycles. The molecule has 1 aliphatic rings. The quantitative estimate of drug-likeness (QED) is 0.710. The molecule has 27 heavy (non-hydrogen) atoms. The highest BCUT2D eigenvalue weighted by Gasteiger charge is 2.19. The average molecular weight is 388 g/mol. The highest BCUT2D eigenvalue weighted by Crippen LogP contribution is 2.36. The van der Waals surface area contributed by atoms with Gasteiger partial charge in [0.15, 0.2) is 11.5 Å². The Bertz CT molecular complexity index is 1090. The first-order valence-electron chi connectivity index (χ1n) is 7.96. The van der Waals surface area contributed by atoms with Crippen molar-refractivity contribution in [2.24, 2.45) is 0 Å². The molecule has 1 N–H and O–H groups in total. The number of nitrogens with one attached hydrogen (secondary N) is 1. The monoisotopic (exact) mass is 388 g/mol. The van der Waals surface area contributed by atoms with Crippen molar-refractivity contribution in [1.29, 1.82) is 0 Å². The van der Waals surface area contributed by atoms with Crippen LogP contribution in [-0.2, 0) is 10.0 Å². The normalized spacial score (nSPS) is 13.1. The Morgan fingerprint density at radius 3 is 2.67 bits per heavy atom. The zero-order chi connectivity index (χ0) is 19.0. The summed E-state index contributed by atoms with van der Waals surface area (Å²) in [6.07, 6.45) is 0. The van der Waals surface area contributed by atoms with E-state index in [2.05, 4.69) is 15.5 Å². The first kappa shape index (κ1) is 17.3. The predicted octanol–water partition coefficient (Wildman–Crippen LogP) is 2.46. The van der Waals surface area contributed by atoms with Gasteiger partial charge in [-0.2, -0.15) is 0 Å². The molecule has 2 aromatic carbocycles. The Morgan fingerprint density at radius 1 is 1.04 bits per heavy atom. The molecule has 4 rings (SSSR count). The zero-order valence-electron chi connectivity index (χ0n) is 14.5. The van der Waals surface area contributed by atoms with Gasteiger partial charge in [-0.25, -0.2) is 12.7 Å². The lowest BCUT2D eigenvalue weighted by molar-refractivity contribution is 0.174. The highest BCUT2D eigenvalue weighted by molar-refractivity contribution is 7.89. The third-order valence-corrected chi connectivity index (χ3v) is 5.72. The molecule has 0 radical (unpaired) electrons. The van der Waals surface area contributed by atoms with Gasteiger partial charge in [0.25, 0.3) is 0 Å². The Hall–Kier alpha value is -3.11. The maximum absolute atomic E-state index is 12.2. The molecule has 9 nitrogen and oxygen atoms in total. The van der Waals surface area contributed by atoms with Crippen LogP contribution in [0.5, 0.6) is 11.5 Å². The number of nitrogens with zero attached hydrogens (tertiary/aromatic N) is 3. The fourth-order valence-corrected chi connectivity index (χ4v) is 3.44. The minimum Gasteiger partial charge on any atom is -0.454 e. The van der Waals surface area contributed by atoms with Crippen LogP contribution >= 0.6 is 0 Å². The summed E-state index contributed by atoms with van der Waals surface area (Å²) >= 11 is 0. The van der Waals surface area contributed by atoms with E-state index < -0.39 is 10.0 Å². The van der Waals surface area contributed by atoms with Crippen molar-refractivity contribution >= 4 is 21.7 Å². The van der Waals surface area contributed by atoms with Crippen molar-refractivity contribution in [1.82, 2.24) is 14.5 Å². The van der Waals surface area contributed by atoms with Gasteiger partial charge < -0.3 is 19.2 Å². The van der Waals surface area contributed by atoms with Crippen molar-refractivity contribution in [2.75, 3.05) is 26.2 Å². The molecule has 140 valence electrons. The van der Waals surface area contributed by atoms with Crippen molar-refractivity contribution in [3.05, 3.63) is 42.5 Å². The number of ether oxygens (including phenoxy) is 2. The van der Waals surface area contributed by atoms with Gasteiger partial charge >= 0.3 is 6.01 Å². The summed E-state index contributed by atoms with van der Waals surface area (Å²) in [5, 5.41) is 10.9. The lowest BCUT2D eigenvalue weighted by Gasteiger charge is -2.12. The van der Waals surface area contributed by atoms with E-state index >= 15 is 0 Å². The molecule has 0 unspecified atom stereocenters. The molecular weight excluding hydrogens is 372 g/mol. The second-order valence-electron chi connectivity index (χ2n) is 5.92. The Labute approximate surface area is 155 Å². The zero-order valence-corrected chi connectivity index (χ0v) is 15.4. The van der Waals surface area contributed by atoms with Gasteiger partial charge in [0.2, 0.25) is 22.7 Å². The number of benzene rings is 2. The van der Waals surface area contributed by atoms with Gasteiger partial charge in [0.1, 0.15) is 0 Å². The van der Waals surface area contributed by atoms with Crippen LogP contribution in [-0.4, -0.2) is 43.8 Å². The lowest BCUT2D eigenvalue weighted by Crippen LogP contribution is -2.22. The number of sulfonamides is 1. The summed E-state index contributed by atoms with van der Waals surface area (Å²) in [6, 6.07) is 11.8. The molecular formula is C17H16N4O5S. The Kier molecular flexibility index (Phi) is 4.21. The fraction of sp³-hybridized carbons (Fsp3) is 0.176. The van der Waals surface area contributed by atoms with Gasteiger partial charge in [-0.1, -0.05) is 11.2 Å². The number of anilines is 2. The maximum atomic E-state index is 12.2. The SMILES string of the molecule is CN(C)S(=O)(=O)c1cccc(Nc2nnc(-c3ccc4c(c3)OCO4)o2)c1. The maximum Gasteiger partial charge on any atom is 0.320 e. The van der Waals surface area contributed by atoms with E-state index in [0.29, 0.717) is 28.6 Å². The van der Waals surface area contributed by atoms with E-state index in [9.17, 15) is 8.42 Å². The van der Waals surface area contributed by atoms with Gasteiger partial charge in [-0.05, 0) is 36.4 Å². The van der Waals surface area contributed by atoms with Crippen molar-refractivity contribution in [3.63, 3.8) is 0 Å². The molecule has 3 aromatic rings. The first-order chi connectivity index (χ1) is 12.9. The molecule has 10 heteroatoms. The van der Waals surface area contributed by atoms with E-state index in [1.807, 2.05) is 0 Å². The summed E-state index contributed by atoms with van der Waals surface area (Å²) < 4.78 is 41.9. The second kappa shape index (κ2) is 6.56. The van der Waals surface area contributed by atoms with E-state index in [1.54, 1.807) is 30.3 Å². The lowest BCUT2D eigenvalue weighted by atomic mass is 10.2. The summed E-state index contributed by atoms with van der Waals surface area (Å²) in [7, 11) is -0.580. The molecule has 1 aromatic heterocycles. The van der Waals surface area contributed by atoms with Gasteiger partial charge in [0.05, 0.1) is 4.90 Å². The van der Waals surface area contributed by atoms with E-state index in [4.69, 9.17) is 13.9 Å². The summed E-state index contributed by atoms with van der Waals surface area (Å²) in [5.41, 5.74) is 1.20. The van der Waals surface area contributed by atoms with Crippen LogP contribution in [0.1, 0.15) is 0 Å². The molecule has 0 atom stereocenters. The summed E-state index contributed by atoms with van der Waals surface area (Å²) in [6.45, 7) is 0.182. The summed E-state index contributed by atoms with van der Waals surface area (Å²) in [4.78, 5) is 0.160. The molecule has 0 saturated heterocycles. The van der Waals surface area contributed by atoms with Crippen LogP contribution in [0.25, 0.3) is 11.5 Å². The number of rotatable bonds is 5. The average Bonchev–Trinajstić information content (AvgIpc) is 3.30. The van der Waals surface area contributed by atoms with Gasteiger partial charge in [-0.15, -0.1) is 5.10 Å². The molecule has 0 spiro atoms. The molecule has 0 bridgehead atoms. The van der Waals surface area contributed by atoms with Gasteiger partial charge in [-0.3, -0.25) is 0 Å². The molecule has 0 amide bonds. The van der Waals surface area contributed by atoms with Crippen LogP contribution in [0.15, 0.2) is 51.8 Å². The number of hydrogen-bond donors (Lipinski definition) is 1. The van der Waals surface area contributed by atoms with Crippen LogP contribution in [0.4, 0.5) is 11.7 Å². The Balaban J connectivity index is 1.57. The first-order valence-corrected chi connectivity index (χ1v) is 9.40. The van der Waals surface area contributed by atoms with Crippen LogP contribution in [0.2, 0.25) is 0 Å². The molecule has 0 aliphatic carbocycles. The molecule has 2 heterocycles. The van der Waals surface area contributed by atoms with E-state index in [-0.39, 0.29) is 17.7 Å². The summed E-state index contributed by atoms with van der Waals surface area (Å²) in [5.74, 6) is 1.57. The van der Waals surface area contributed by atoms with Gasteiger partial charge in [0, 0.05) is 25.3 Å². The molecule has 0 fully saturated rings. The number of fused-ring (bicyclic) bond motifs is 1. The van der Waals surface area contributed by atoms with Crippen molar-refractivity contribution < 1.29 is 22.3 Å². The second-order valence-corrected chi connectivity index (χ2v) is 8.07. The third-order valence-electron chi connectivity index (χ3n) is 3.91. The van der Waals surface area contributed by atoms with Crippen molar-refractivity contribution in [2.45, 2.75) is 4.90 Å². The number of hydrogen-bond acceptors (Lipinski definition) is 8. The standard InChI is InChI=1S/C17H16N4O5S/c1-21(2)27(22,23)13-5-3-4-12(9-13)18-17-20-19-16(26-17)11-6-7-14-15(8-11)25-10-24-14/h3-9H,10H2,1-2H3,(H,18,20). The third kappa shape index (κ3) is 3.32. The minimum absolute atomic E-state index is 0.141.